The molecule has 0 bridgehead atoms. The average Bonchev–Trinajstić information content (AvgIpc) is 3.04. The van der Waals surface area contributed by atoms with Crippen LogP contribution in [0.4, 0.5) is 0 Å². The third-order valence-corrected chi connectivity index (χ3v) is 4.80. The van der Waals surface area contributed by atoms with E-state index in [0.29, 0.717) is 12.1 Å². The van der Waals surface area contributed by atoms with Crippen molar-refractivity contribution in [2.75, 3.05) is 26.2 Å². The lowest BCUT2D eigenvalue weighted by Crippen LogP contribution is -2.55. The Bertz CT molecular complexity index is 625. The first-order valence-electron chi connectivity index (χ1n) is 8.85. The molecule has 1 aliphatic rings. The van der Waals surface area contributed by atoms with Crippen LogP contribution in [0.3, 0.4) is 0 Å². The summed E-state index contributed by atoms with van der Waals surface area (Å²) < 4.78 is 1.94. The number of aliphatic hydroxyl groups is 1. The molecule has 130 valence electrons. The van der Waals surface area contributed by atoms with Crippen LogP contribution in [0.2, 0.25) is 0 Å². The molecule has 1 saturated heterocycles. The molecule has 0 radical (unpaired) electrons. The number of aromatic nitrogens is 2. The lowest BCUT2D eigenvalue weighted by Gasteiger charge is -2.43. The van der Waals surface area contributed by atoms with Crippen molar-refractivity contribution >= 4 is 0 Å². The molecule has 1 aromatic carbocycles. The highest BCUT2D eigenvalue weighted by Crippen LogP contribution is 2.18. The quantitative estimate of drug-likeness (QED) is 0.882. The van der Waals surface area contributed by atoms with Gasteiger partial charge < -0.3 is 5.11 Å². The molecule has 0 saturated carbocycles. The van der Waals surface area contributed by atoms with Gasteiger partial charge in [0.15, 0.2) is 0 Å². The van der Waals surface area contributed by atoms with Crippen LogP contribution < -0.4 is 0 Å². The van der Waals surface area contributed by atoms with E-state index < -0.39 is 0 Å². The van der Waals surface area contributed by atoms with Gasteiger partial charge in [0.1, 0.15) is 0 Å². The van der Waals surface area contributed by atoms with Crippen molar-refractivity contribution in [3.63, 3.8) is 0 Å². The van der Waals surface area contributed by atoms with Crippen molar-refractivity contribution in [2.45, 2.75) is 38.9 Å². The molecule has 1 N–H and O–H groups in total. The van der Waals surface area contributed by atoms with E-state index in [9.17, 15) is 5.11 Å². The average molecular weight is 328 g/mol. The molecule has 1 aliphatic heterocycles. The predicted molar refractivity (Wildman–Crippen MR) is 96.2 cm³/mol. The Morgan fingerprint density at radius 2 is 2.00 bits per heavy atom. The largest absolute Gasteiger partial charge is 0.396 e. The lowest BCUT2D eigenvalue weighted by atomic mass is 10.1. The van der Waals surface area contributed by atoms with Gasteiger partial charge in [-0.3, -0.25) is 9.80 Å². The van der Waals surface area contributed by atoms with Gasteiger partial charge in [-0.05, 0) is 32.4 Å². The van der Waals surface area contributed by atoms with E-state index in [0.717, 1.165) is 38.3 Å². The topological polar surface area (TPSA) is 44.5 Å². The second kappa shape index (κ2) is 7.92. The summed E-state index contributed by atoms with van der Waals surface area (Å²) in [4.78, 5) is 4.99. The van der Waals surface area contributed by atoms with Gasteiger partial charge in [-0.25, -0.2) is 4.68 Å². The highest BCUT2D eigenvalue weighted by molar-refractivity contribution is 5.30. The number of rotatable bonds is 6. The summed E-state index contributed by atoms with van der Waals surface area (Å²) in [6.07, 6.45) is 4.92. The van der Waals surface area contributed by atoms with Crippen LogP contribution in [0.15, 0.2) is 42.7 Å². The van der Waals surface area contributed by atoms with Crippen LogP contribution in [-0.4, -0.2) is 63.0 Å². The minimum Gasteiger partial charge on any atom is -0.396 e. The fourth-order valence-electron chi connectivity index (χ4n) is 3.59. The molecule has 1 atom stereocenters. The number of piperazine rings is 1. The van der Waals surface area contributed by atoms with Gasteiger partial charge >= 0.3 is 0 Å². The maximum atomic E-state index is 9.36. The number of hydrogen-bond donors (Lipinski definition) is 1. The third kappa shape index (κ3) is 4.04. The Morgan fingerprint density at radius 1 is 1.21 bits per heavy atom. The maximum Gasteiger partial charge on any atom is 0.0645 e. The number of benzene rings is 1. The number of aliphatic hydroxyl groups excluding tert-OH is 1. The third-order valence-electron chi connectivity index (χ3n) is 4.80. The number of nitrogens with zero attached hydrogens (tertiary/aromatic N) is 4. The van der Waals surface area contributed by atoms with Crippen molar-refractivity contribution in [3.05, 3.63) is 48.3 Å². The molecule has 0 aliphatic carbocycles. The van der Waals surface area contributed by atoms with E-state index in [-0.39, 0.29) is 6.61 Å². The van der Waals surface area contributed by atoms with Gasteiger partial charge in [-0.15, -0.1) is 0 Å². The van der Waals surface area contributed by atoms with Crippen LogP contribution in [0.1, 0.15) is 25.8 Å². The molecule has 2 heterocycles. The zero-order valence-electron chi connectivity index (χ0n) is 14.7. The molecular formula is C19H28N4O. The Kier molecular flexibility index (Phi) is 5.66. The molecule has 0 unspecified atom stereocenters. The first-order chi connectivity index (χ1) is 11.7. The van der Waals surface area contributed by atoms with E-state index in [2.05, 4.69) is 47.1 Å². The SMILES string of the molecule is CC(C)N1CCN(Cc2cnn(-c3ccccc3)c2)C[C@@H]1CCO. The molecule has 1 aromatic heterocycles. The van der Waals surface area contributed by atoms with E-state index in [1.165, 1.54) is 5.56 Å². The van der Waals surface area contributed by atoms with Crippen molar-refractivity contribution in [3.8, 4) is 5.69 Å². The van der Waals surface area contributed by atoms with E-state index in [4.69, 9.17) is 0 Å². The molecule has 5 nitrogen and oxygen atoms in total. The Morgan fingerprint density at radius 3 is 2.71 bits per heavy atom. The Labute approximate surface area is 144 Å². The molecule has 5 heteroatoms. The van der Waals surface area contributed by atoms with Gasteiger partial charge in [0.05, 0.1) is 11.9 Å². The van der Waals surface area contributed by atoms with Gasteiger partial charge in [0.2, 0.25) is 0 Å². The summed E-state index contributed by atoms with van der Waals surface area (Å²) in [5.74, 6) is 0. The van der Waals surface area contributed by atoms with Gasteiger partial charge in [0.25, 0.3) is 0 Å². The molecule has 0 spiro atoms. The van der Waals surface area contributed by atoms with E-state index >= 15 is 0 Å². The van der Waals surface area contributed by atoms with Crippen LogP contribution in [0, 0.1) is 0 Å². The minimum atomic E-state index is 0.258. The monoisotopic (exact) mass is 328 g/mol. The fourth-order valence-corrected chi connectivity index (χ4v) is 3.59. The normalized spacial score (nSPS) is 19.9. The number of para-hydroxylation sites is 1. The van der Waals surface area contributed by atoms with Crippen molar-refractivity contribution < 1.29 is 5.11 Å². The predicted octanol–water partition coefficient (Wildman–Crippen LogP) is 2.15. The first kappa shape index (κ1) is 17.1. The summed E-state index contributed by atoms with van der Waals surface area (Å²) in [6.45, 7) is 8.79. The summed E-state index contributed by atoms with van der Waals surface area (Å²) in [5.41, 5.74) is 2.33. The fraction of sp³-hybridized carbons (Fsp3) is 0.526. The van der Waals surface area contributed by atoms with Gasteiger partial charge in [-0.2, -0.15) is 5.10 Å². The highest BCUT2D eigenvalue weighted by atomic mass is 16.3. The van der Waals surface area contributed by atoms with Gasteiger partial charge in [0, 0.05) is 56.6 Å². The molecule has 0 amide bonds. The Balaban J connectivity index is 1.63. The highest BCUT2D eigenvalue weighted by Gasteiger charge is 2.28. The summed E-state index contributed by atoms with van der Waals surface area (Å²) in [6, 6.07) is 11.2. The molecule has 3 rings (SSSR count). The van der Waals surface area contributed by atoms with Crippen LogP contribution in [-0.2, 0) is 6.54 Å². The zero-order chi connectivity index (χ0) is 16.9. The van der Waals surface area contributed by atoms with E-state index in [1.807, 2.05) is 29.1 Å². The van der Waals surface area contributed by atoms with Gasteiger partial charge in [-0.1, -0.05) is 18.2 Å². The summed E-state index contributed by atoms with van der Waals surface area (Å²) >= 11 is 0. The standard InChI is InChI=1S/C19H28N4O/c1-16(2)22-10-9-21(15-19(22)8-11-24)13-17-12-20-23(14-17)18-6-4-3-5-7-18/h3-7,12,14,16,19,24H,8-11,13,15H2,1-2H3/t19-/m0/s1. The van der Waals surface area contributed by atoms with Crippen molar-refractivity contribution in [1.82, 2.24) is 19.6 Å². The molecular weight excluding hydrogens is 300 g/mol. The molecule has 1 fully saturated rings. The first-order valence-corrected chi connectivity index (χ1v) is 8.85. The van der Waals surface area contributed by atoms with Crippen LogP contribution in [0.25, 0.3) is 5.69 Å². The smallest absolute Gasteiger partial charge is 0.0645 e. The van der Waals surface area contributed by atoms with Crippen LogP contribution in [0.5, 0.6) is 0 Å². The van der Waals surface area contributed by atoms with E-state index in [1.54, 1.807) is 0 Å². The molecule has 2 aromatic rings. The minimum absolute atomic E-state index is 0.258. The van der Waals surface area contributed by atoms with Crippen molar-refractivity contribution in [1.29, 1.82) is 0 Å². The molecule has 24 heavy (non-hydrogen) atoms. The second-order valence-electron chi connectivity index (χ2n) is 6.86. The summed E-state index contributed by atoms with van der Waals surface area (Å²) in [5, 5.41) is 13.9. The number of hydrogen-bond acceptors (Lipinski definition) is 4. The maximum absolute atomic E-state index is 9.36. The Hall–Kier alpha value is -1.69. The lowest BCUT2D eigenvalue weighted by molar-refractivity contribution is 0.0349. The summed E-state index contributed by atoms with van der Waals surface area (Å²) in [7, 11) is 0. The second-order valence-corrected chi connectivity index (χ2v) is 6.86. The van der Waals surface area contributed by atoms with Crippen molar-refractivity contribution in [2.24, 2.45) is 0 Å². The zero-order valence-corrected chi connectivity index (χ0v) is 14.7. The van der Waals surface area contributed by atoms with Crippen LogP contribution >= 0.6 is 0 Å².